The first-order valence-corrected chi connectivity index (χ1v) is 6.69. The van der Waals surface area contributed by atoms with Gasteiger partial charge >= 0.3 is 0 Å². The zero-order chi connectivity index (χ0) is 15.1. The quantitative estimate of drug-likeness (QED) is 0.372. The van der Waals surface area contributed by atoms with Crippen LogP contribution in [0.5, 0.6) is 11.5 Å². The second-order valence-corrected chi connectivity index (χ2v) is 4.59. The Morgan fingerprint density at radius 1 is 1.05 bits per heavy atom. The molecule has 0 atom stereocenters. The predicted octanol–water partition coefficient (Wildman–Crippen LogP) is 2.40. The van der Waals surface area contributed by atoms with Gasteiger partial charge in [-0.2, -0.15) is 0 Å². The molecule has 5 nitrogen and oxygen atoms in total. The lowest BCUT2D eigenvalue weighted by Crippen LogP contribution is -2.29. The molecule has 2 aromatic carbocycles. The summed E-state index contributed by atoms with van der Waals surface area (Å²) in [5.41, 5.74) is 2.51. The Bertz CT molecular complexity index is 602. The second-order valence-electron chi connectivity index (χ2n) is 4.15. The Morgan fingerprint density at radius 3 is 2.38 bits per heavy atom. The zero-order valence-electron chi connectivity index (χ0n) is 11.2. The molecule has 2 rings (SSSR count). The molecule has 3 N–H and O–H groups in total. The van der Waals surface area contributed by atoms with Crippen LogP contribution in [0.25, 0.3) is 0 Å². The van der Waals surface area contributed by atoms with Crippen LogP contribution in [0.1, 0.15) is 10.4 Å². The minimum atomic E-state index is -0.363. The minimum absolute atomic E-state index is 0.357. The number of carbonyl (C=O) groups is 1. The molecule has 1 amide bonds. The Hall–Kier alpha value is -2.24. The van der Waals surface area contributed by atoms with Crippen molar-refractivity contribution in [2.75, 3.05) is 13.2 Å². The third-order valence-electron chi connectivity index (χ3n) is 2.66. The van der Waals surface area contributed by atoms with E-state index in [4.69, 9.17) is 26.9 Å². The number of ether oxygens (including phenoxy) is 2. The third kappa shape index (κ3) is 4.66. The van der Waals surface area contributed by atoms with Gasteiger partial charge in [-0.3, -0.25) is 10.2 Å². The molecule has 0 aliphatic heterocycles. The average Bonchev–Trinajstić information content (AvgIpc) is 2.53. The van der Waals surface area contributed by atoms with E-state index in [1.807, 2.05) is 0 Å². The maximum absolute atomic E-state index is 11.4. The largest absolute Gasteiger partial charge is 0.490 e. The molecule has 0 heterocycles. The molecule has 0 aromatic heterocycles. The van der Waals surface area contributed by atoms with Gasteiger partial charge in [-0.1, -0.05) is 17.7 Å². The highest BCUT2D eigenvalue weighted by molar-refractivity contribution is 6.30. The van der Waals surface area contributed by atoms with Crippen molar-refractivity contribution in [1.82, 2.24) is 5.43 Å². The topological polar surface area (TPSA) is 73.6 Å². The van der Waals surface area contributed by atoms with Gasteiger partial charge in [0, 0.05) is 10.6 Å². The van der Waals surface area contributed by atoms with Crippen LogP contribution in [0.4, 0.5) is 0 Å². The van der Waals surface area contributed by atoms with E-state index in [0.717, 1.165) is 5.75 Å². The highest BCUT2D eigenvalue weighted by Crippen LogP contribution is 2.16. The number of benzene rings is 2. The molecule has 0 bridgehead atoms. The second kappa shape index (κ2) is 7.52. The summed E-state index contributed by atoms with van der Waals surface area (Å²) < 4.78 is 11.0. The van der Waals surface area contributed by atoms with Crippen molar-refractivity contribution in [3.05, 3.63) is 59.1 Å². The minimum Gasteiger partial charge on any atom is -0.490 e. The van der Waals surface area contributed by atoms with Gasteiger partial charge in [0.1, 0.15) is 24.7 Å². The van der Waals surface area contributed by atoms with Crippen LogP contribution in [-0.4, -0.2) is 19.1 Å². The summed E-state index contributed by atoms with van der Waals surface area (Å²) in [5.74, 6) is 6.02. The number of nitrogens with two attached hydrogens (primary N) is 1. The van der Waals surface area contributed by atoms with E-state index in [-0.39, 0.29) is 5.91 Å². The Labute approximate surface area is 127 Å². The van der Waals surface area contributed by atoms with Crippen LogP contribution >= 0.6 is 11.6 Å². The molecular weight excluding hydrogens is 292 g/mol. The molecule has 0 saturated carbocycles. The van der Waals surface area contributed by atoms with E-state index in [1.165, 1.54) is 0 Å². The van der Waals surface area contributed by atoms with E-state index < -0.39 is 0 Å². The third-order valence-corrected chi connectivity index (χ3v) is 2.91. The number of hydrogen-bond donors (Lipinski definition) is 2. The standard InChI is InChI=1S/C15H15ClN2O3/c16-12-4-6-13(7-5-12)20-8-9-21-14-3-1-2-11(10-14)15(19)18-17/h1-7,10H,8-9,17H2,(H,18,19). The normalized spacial score (nSPS) is 10.0. The summed E-state index contributed by atoms with van der Waals surface area (Å²) in [4.78, 5) is 11.4. The molecule has 6 heteroatoms. The summed E-state index contributed by atoms with van der Waals surface area (Å²) in [5, 5.41) is 0.661. The Kier molecular flexibility index (Phi) is 5.43. The van der Waals surface area contributed by atoms with Gasteiger partial charge in [-0.05, 0) is 42.5 Å². The first kappa shape index (κ1) is 15.2. The van der Waals surface area contributed by atoms with Gasteiger partial charge in [0.15, 0.2) is 0 Å². The van der Waals surface area contributed by atoms with E-state index >= 15 is 0 Å². The number of halogens is 1. The van der Waals surface area contributed by atoms with Crippen LogP contribution in [0, 0.1) is 0 Å². The molecular formula is C15H15ClN2O3. The highest BCUT2D eigenvalue weighted by Gasteiger charge is 2.04. The summed E-state index contributed by atoms with van der Waals surface area (Å²) >= 11 is 5.78. The number of hydrazine groups is 1. The van der Waals surface area contributed by atoms with Crippen molar-refractivity contribution < 1.29 is 14.3 Å². The lowest BCUT2D eigenvalue weighted by atomic mass is 10.2. The molecule has 21 heavy (non-hydrogen) atoms. The lowest BCUT2D eigenvalue weighted by molar-refractivity contribution is 0.0953. The Morgan fingerprint density at radius 2 is 1.71 bits per heavy atom. The first-order chi connectivity index (χ1) is 10.2. The smallest absolute Gasteiger partial charge is 0.265 e. The van der Waals surface area contributed by atoms with Crippen molar-refractivity contribution >= 4 is 17.5 Å². The lowest BCUT2D eigenvalue weighted by Gasteiger charge is -2.09. The van der Waals surface area contributed by atoms with Crippen LogP contribution in [0.3, 0.4) is 0 Å². The summed E-state index contributed by atoms with van der Waals surface area (Å²) in [6, 6.07) is 13.8. The molecule has 0 radical (unpaired) electrons. The van der Waals surface area contributed by atoms with E-state index in [2.05, 4.69) is 5.43 Å². The fourth-order valence-corrected chi connectivity index (χ4v) is 1.79. The molecule has 0 saturated heterocycles. The molecule has 2 aromatic rings. The van der Waals surface area contributed by atoms with E-state index in [9.17, 15) is 4.79 Å². The van der Waals surface area contributed by atoms with Crippen molar-refractivity contribution in [2.24, 2.45) is 5.84 Å². The number of nitrogens with one attached hydrogen (secondary N) is 1. The van der Waals surface area contributed by atoms with Crippen LogP contribution in [0.15, 0.2) is 48.5 Å². The molecule has 0 unspecified atom stereocenters. The van der Waals surface area contributed by atoms with Gasteiger partial charge in [0.25, 0.3) is 5.91 Å². The maximum Gasteiger partial charge on any atom is 0.265 e. The summed E-state index contributed by atoms with van der Waals surface area (Å²) in [6.45, 7) is 0.741. The van der Waals surface area contributed by atoms with Gasteiger partial charge < -0.3 is 9.47 Å². The van der Waals surface area contributed by atoms with Crippen molar-refractivity contribution in [3.63, 3.8) is 0 Å². The molecule has 0 spiro atoms. The van der Waals surface area contributed by atoms with Crippen molar-refractivity contribution in [2.45, 2.75) is 0 Å². The van der Waals surface area contributed by atoms with Gasteiger partial charge in [0.05, 0.1) is 0 Å². The maximum atomic E-state index is 11.4. The number of nitrogen functional groups attached to an aromatic ring is 1. The van der Waals surface area contributed by atoms with Crippen LogP contribution in [0.2, 0.25) is 5.02 Å². The summed E-state index contributed by atoms with van der Waals surface area (Å²) in [6.07, 6.45) is 0. The van der Waals surface area contributed by atoms with E-state index in [0.29, 0.717) is 29.5 Å². The molecule has 110 valence electrons. The van der Waals surface area contributed by atoms with Crippen LogP contribution < -0.4 is 20.7 Å². The van der Waals surface area contributed by atoms with Crippen molar-refractivity contribution in [1.29, 1.82) is 0 Å². The first-order valence-electron chi connectivity index (χ1n) is 6.31. The fraction of sp³-hybridized carbons (Fsp3) is 0.133. The average molecular weight is 307 g/mol. The van der Waals surface area contributed by atoms with Gasteiger partial charge in [-0.25, -0.2) is 5.84 Å². The van der Waals surface area contributed by atoms with Crippen LogP contribution in [-0.2, 0) is 0 Å². The molecule has 0 aliphatic rings. The number of carbonyl (C=O) groups excluding carboxylic acids is 1. The number of hydrogen-bond acceptors (Lipinski definition) is 4. The van der Waals surface area contributed by atoms with E-state index in [1.54, 1.807) is 48.5 Å². The number of rotatable bonds is 6. The monoisotopic (exact) mass is 306 g/mol. The SMILES string of the molecule is NNC(=O)c1cccc(OCCOc2ccc(Cl)cc2)c1. The van der Waals surface area contributed by atoms with Gasteiger partial charge in [-0.15, -0.1) is 0 Å². The predicted molar refractivity (Wildman–Crippen MR) is 80.5 cm³/mol. The zero-order valence-corrected chi connectivity index (χ0v) is 12.0. The highest BCUT2D eigenvalue weighted by atomic mass is 35.5. The van der Waals surface area contributed by atoms with Gasteiger partial charge in [0.2, 0.25) is 0 Å². The Balaban J connectivity index is 1.80. The molecule has 0 aliphatic carbocycles. The van der Waals surface area contributed by atoms with Crippen molar-refractivity contribution in [3.8, 4) is 11.5 Å². The number of amides is 1. The summed E-state index contributed by atoms with van der Waals surface area (Å²) in [7, 11) is 0. The fourth-order valence-electron chi connectivity index (χ4n) is 1.66. The molecule has 0 fully saturated rings.